The van der Waals surface area contributed by atoms with Crippen molar-refractivity contribution >= 4 is 0 Å². The lowest BCUT2D eigenvalue weighted by Gasteiger charge is -2.28. The van der Waals surface area contributed by atoms with Crippen molar-refractivity contribution in [2.75, 3.05) is 0 Å². The lowest BCUT2D eigenvalue weighted by Crippen LogP contribution is -2.14. The highest BCUT2D eigenvalue weighted by molar-refractivity contribution is 4.77. The molecule has 0 aliphatic heterocycles. The highest BCUT2D eigenvalue weighted by Crippen LogP contribution is 2.33. The first-order chi connectivity index (χ1) is 6.36. The maximum atomic E-state index is 2.52. The van der Waals surface area contributed by atoms with Gasteiger partial charge in [-0.05, 0) is 31.1 Å². The summed E-state index contributed by atoms with van der Waals surface area (Å²) in [4.78, 5) is 0. The molecule has 1 rings (SSSR count). The zero-order valence-electron chi connectivity index (χ0n) is 9.39. The van der Waals surface area contributed by atoms with E-state index in [4.69, 9.17) is 0 Å². The molecule has 0 heteroatoms. The second-order valence-corrected chi connectivity index (χ2v) is 4.62. The second-order valence-electron chi connectivity index (χ2n) is 4.62. The van der Waals surface area contributed by atoms with Crippen LogP contribution in [0, 0.1) is 18.3 Å². The summed E-state index contributed by atoms with van der Waals surface area (Å²) in [5.74, 6) is 2.08. The van der Waals surface area contributed by atoms with E-state index in [-0.39, 0.29) is 0 Å². The smallest absolute Gasteiger partial charge is 0.0383 e. The van der Waals surface area contributed by atoms with Gasteiger partial charge in [-0.25, -0.2) is 0 Å². The van der Waals surface area contributed by atoms with E-state index in [1.54, 1.807) is 0 Å². The Labute approximate surface area is 84.1 Å². The van der Waals surface area contributed by atoms with Crippen LogP contribution in [-0.2, 0) is 0 Å². The first-order valence-electron chi connectivity index (χ1n) is 6.18. The SMILES string of the molecule is CCC[CH]CC1CCCC(CC)C1. The topological polar surface area (TPSA) is 0 Å². The summed E-state index contributed by atoms with van der Waals surface area (Å²) >= 11 is 0. The van der Waals surface area contributed by atoms with E-state index in [1.165, 1.54) is 51.4 Å². The fraction of sp³-hybridized carbons (Fsp3) is 0.923. The molecule has 1 aliphatic carbocycles. The van der Waals surface area contributed by atoms with Crippen molar-refractivity contribution in [2.24, 2.45) is 11.8 Å². The van der Waals surface area contributed by atoms with Gasteiger partial charge in [0.15, 0.2) is 0 Å². The lowest BCUT2D eigenvalue weighted by molar-refractivity contribution is 0.257. The minimum absolute atomic E-state index is 1.03. The van der Waals surface area contributed by atoms with Crippen LogP contribution in [0.4, 0.5) is 0 Å². The third kappa shape index (κ3) is 4.15. The van der Waals surface area contributed by atoms with Crippen molar-refractivity contribution in [2.45, 2.75) is 65.2 Å². The highest BCUT2D eigenvalue weighted by Gasteiger charge is 2.19. The predicted molar refractivity (Wildman–Crippen MR) is 59.6 cm³/mol. The van der Waals surface area contributed by atoms with Crippen LogP contribution in [0.15, 0.2) is 0 Å². The van der Waals surface area contributed by atoms with Crippen LogP contribution in [0.3, 0.4) is 0 Å². The van der Waals surface area contributed by atoms with E-state index in [2.05, 4.69) is 20.3 Å². The minimum atomic E-state index is 1.03. The van der Waals surface area contributed by atoms with E-state index in [9.17, 15) is 0 Å². The van der Waals surface area contributed by atoms with E-state index >= 15 is 0 Å². The Balaban J connectivity index is 2.11. The first-order valence-corrected chi connectivity index (χ1v) is 6.18. The average Bonchev–Trinajstić information content (AvgIpc) is 2.19. The fourth-order valence-electron chi connectivity index (χ4n) is 2.54. The third-order valence-electron chi connectivity index (χ3n) is 3.46. The number of hydrogen-bond donors (Lipinski definition) is 0. The summed E-state index contributed by atoms with van der Waals surface area (Å²) in [6, 6.07) is 0. The van der Waals surface area contributed by atoms with Crippen molar-refractivity contribution < 1.29 is 0 Å². The summed E-state index contributed by atoms with van der Waals surface area (Å²) in [6.07, 6.45) is 14.0. The molecule has 1 aliphatic rings. The molecule has 0 N–H and O–H groups in total. The van der Waals surface area contributed by atoms with Gasteiger partial charge < -0.3 is 0 Å². The van der Waals surface area contributed by atoms with E-state index in [0.29, 0.717) is 0 Å². The Hall–Kier alpha value is 0. The molecule has 13 heavy (non-hydrogen) atoms. The molecule has 2 atom stereocenters. The Morgan fingerprint density at radius 3 is 2.62 bits per heavy atom. The predicted octanol–water partition coefficient (Wildman–Crippen LogP) is 4.60. The normalized spacial score (nSPS) is 29.1. The van der Waals surface area contributed by atoms with Crippen LogP contribution in [0.5, 0.6) is 0 Å². The zero-order chi connectivity index (χ0) is 9.52. The molecule has 0 aromatic rings. The minimum Gasteiger partial charge on any atom is -0.0654 e. The molecule has 0 saturated heterocycles. The molecule has 1 radical (unpaired) electrons. The average molecular weight is 181 g/mol. The van der Waals surface area contributed by atoms with Crippen LogP contribution in [0.2, 0.25) is 0 Å². The standard InChI is InChI=1S/C13H25/c1-3-5-6-8-13-10-7-9-12(4-2)11-13/h6,12-13H,3-5,7-11H2,1-2H3. The molecule has 0 bridgehead atoms. The van der Waals surface area contributed by atoms with Gasteiger partial charge in [0.05, 0.1) is 0 Å². The van der Waals surface area contributed by atoms with Crippen molar-refractivity contribution in [1.29, 1.82) is 0 Å². The van der Waals surface area contributed by atoms with Crippen LogP contribution in [0.1, 0.15) is 65.2 Å². The lowest BCUT2D eigenvalue weighted by atomic mass is 9.78. The maximum absolute atomic E-state index is 2.52. The van der Waals surface area contributed by atoms with Crippen LogP contribution >= 0.6 is 0 Å². The molecule has 0 heterocycles. The molecule has 0 amide bonds. The molecule has 0 aromatic heterocycles. The monoisotopic (exact) mass is 181 g/mol. The van der Waals surface area contributed by atoms with Gasteiger partial charge in [0, 0.05) is 0 Å². The molecular formula is C13H25. The summed E-state index contributed by atoms with van der Waals surface area (Å²) in [5.41, 5.74) is 0. The van der Waals surface area contributed by atoms with Crippen molar-refractivity contribution in [3.05, 3.63) is 6.42 Å². The largest absolute Gasteiger partial charge is 0.0654 e. The van der Waals surface area contributed by atoms with Gasteiger partial charge in [-0.1, -0.05) is 52.4 Å². The number of rotatable bonds is 5. The van der Waals surface area contributed by atoms with Crippen LogP contribution in [0.25, 0.3) is 0 Å². The van der Waals surface area contributed by atoms with Crippen molar-refractivity contribution in [3.63, 3.8) is 0 Å². The molecule has 0 spiro atoms. The first kappa shape index (κ1) is 11.1. The molecule has 2 unspecified atom stereocenters. The van der Waals surface area contributed by atoms with Gasteiger partial charge in [-0.3, -0.25) is 0 Å². The van der Waals surface area contributed by atoms with E-state index < -0.39 is 0 Å². The van der Waals surface area contributed by atoms with Gasteiger partial charge in [-0.2, -0.15) is 0 Å². The van der Waals surface area contributed by atoms with Crippen LogP contribution < -0.4 is 0 Å². The molecule has 77 valence electrons. The van der Waals surface area contributed by atoms with Gasteiger partial charge in [0.2, 0.25) is 0 Å². The Morgan fingerprint density at radius 2 is 1.92 bits per heavy atom. The van der Waals surface area contributed by atoms with Crippen molar-refractivity contribution in [3.8, 4) is 0 Å². The van der Waals surface area contributed by atoms with Crippen molar-refractivity contribution in [1.82, 2.24) is 0 Å². The van der Waals surface area contributed by atoms with E-state index in [1.807, 2.05) is 0 Å². The Kier molecular flexibility index (Phi) is 5.50. The quantitative estimate of drug-likeness (QED) is 0.544. The van der Waals surface area contributed by atoms with Gasteiger partial charge in [-0.15, -0.1) is 0 Å². The summed E-state index contributed by atoms with van der Waals surface area (Å²) in [5, 5.41) is 0. The zero-order valence-corrected chi connectivity index (χ0v) is 9.39. The number of unbranched alkanes of at least 4 members (excludes halogenated alkanes) is 2. The molecule has 1 saturated carbocycles. The van der Waals surface area contributed by atoms with Crippen LogP contribution in [-0.4, -0.2) is 0 Å². The van der Waals surface area contributed by atoms with E-state index in [0.717, 1.165) is 11.8 Å². The second kappa shape index (κ2) is 6.45. The molecule has 1 fully saturated rings. The van der Waals surface area contributed by atoms with Gasteiger partial charge >= 0.3 is 0 Å². The summed E-state index contributed by atoms with van der Waals surface area (Å²) in [6.45, 7) is 4.62. The Bertz CT molecular complexity index is 117. The maximum Gasteiger partial charge on any atom is -0.0383 e. The Morgan fingerprint density at radius 1 is 1.15 bits per heavy atom. The molecule has 0 nitrogen and oxygen atoms in total. The number of hydrogen-bond acceptors (Lipinski definition) is 0. The summed E-state index contributed by atoms with van der Waals surface area (Å²) in [7, 11) is 0. The van der Waals surface area contributed by atoms with Gasteiger partial charge in [0.25, 0.3) is 0 Å². The highest BCUT2D eigenvalue weighted by atomic mass is 14.3. The fourth-order valence-corrected chi connectivity index (χ4v) is 2.54. The summed E-state index contributed by atoms with van der Waals surface area (Å²) < 4.78 is 0. The van der Waals surface area contributed by atoms with Gasteiger partial charge in [0.1, 0.15) is 0 Å². The molecular weight excluding hydrogens is 156 g/mol. The third-order valence-corrected chi connectivity index (χ3v) is 3.46. The molecule has 0 aromatic carbocycles.